The second-order valence-corrected chi connectivity index (χ2v) is 9.18. The van der Waals surface area contributed by atoms with Crippen molar-refractivity contribution in [1.82, 2.24) is 0 Å². The lowest BCUT2D eigenvalue weighted by atomic mass is 9.92. The Morgan fingerprint density at radius 1 is 0.935 bits per heavy atom. The SMILES string of the molecule is Cc1ccc(Cc2cccc3c(CCO)c(C4O[C@H](CO)[C@@H](O)[C@H](O)[C@H]4O)sc23)cc1. The van der Waals surface area contributed by atoms with Gasteiger partial charge in [0.1, 0.15) is 30.5 Å². The van der Waals surface area contributed by atoms with Crippen LogP contribution in [-0.2, 0) is 17.6 Å². The summed E-state index contributed by atoms with van der Waals surface area (Å²) in [7, 11) is 0. The van der Waals surface area contributed by atoms with Gasteiger partial charge in [0.25, 0.3) is 0 Å². The van der Waals surface area contributed by atoms with Gasteiger partial charge < -0.3 is 30.3 Å². The Labute approximate surface area is 185 Å². The maximum Gasteiger partial charge on any atom is 0.121 e. The molecule has 5 N–H and O–H groups in total. The highest BCUT2D eigenvalue weighted by atomic mass is 32.1. The summed E-state index contributed by atoms with van der Waals surface area (Å²) in [6, 6.07) is 14.4. The summed E-state index contributed by atoms with van der Waals surface area (Å²) in [6.07, 6.45) is -4.93. The molecule has 3 aromatic rings. The molecule has 6 nitrogen and oxygen atoms in total. The van der Waals surface area contributed by atoms with E-state index in [-0.39, 0.29) is 6.61 Å². The maximum absolute atomic E-state index is 10.7. The number of aryl methyl sites for hydroxylation is 1. The van der Waals surface area contributed by atoms with Crippen molar-refractivity contribution in [3.63, 3.8) is 0 Å². The van der Waals surface area contributed by atoms with Crippen LogP contribution in [0.15, 0.2) is 42.5 Å². The van der Waals surface area contributed by atoms with Crippen molar-refractivity contribution >= 4 is 21.4 Å². The molecule has 7 heteroatoms. The van der Waals surface area contributed by atoms with Gasteiger partial charge in [-0.1, -0.05) is 48.0 Å². The van der Waals surface area contributed by atoms with Gasteiger partial charge in [0, 0.05) is 16.2 Å². The van der Waals surface area contributed by atoms with E-state index >= 15 is 0 Å². The van der Waals surface area contributed by atoms with Gasteiger partial charge in [0.05, 0.1) is 6.61 Å². The zero-order valence-corrected chi connectivity index (χ0v) is 18.1. The molecule has 5 atom stereocenters. The summed E-state index contributed by atoms with van der Waals surface area (Å²) in [4.78, 5) is 0.706. The predicted molar refractivity (Wildman–Crippen MR) is 119 cm³/mol. The number of fused-ring (bicyclic) bond motifs is 1. The third-order valence-electron chi connectivity index (χ3n) is 5.96. The zero-order valence-electron chi connectivity index (χ0n) is 17.3. The zero-order chi connectivity index (χ0) is 22.1. The minimum Gasteiger partial charge on any atom is -0.396 e. The van der Waals surface area contributed by atoms with Gasteiger partial charge in [0.2, 0.25) is 0 Å². The number of aliphatic hydroxyl groups excluding tert-OH is 5. The van der Waals surface area contributed by atoms with Gasteiger partial charge in [-0.3, -0.25) is 0 Å². The van der Waals surface area contributed by atoms with Crippen molar-refractivity contribution in [1.29, 1.82) is 0 Å². The number of benzene rings is 2. The highest BCUT2D eigenvalue weighted by molar-refractivity contribution is 7.19. The Morgan fingerprint density at radius 3 is 2.35 bits per heavy atom. The van der Waals surface area contributed by atoms with Crippen LogP contribution in [0.1, 0.15) is 33.2 Å². The maximum atomic E-state index is 10.7. The highest BCUT2D eigenvalue weighted by Crippen LogP contribution is 2.43. The summed E-state index contributed by atoms with van der Waals surface area (Å²) in [6.45, 7) is 1.51. The molecule has 0 spiro atoms. The van der Waals surface area contributed by atoms with Gasteiger partial charge in [-0.15, -0.1) is 11.3 Å². The predicted octanol–water partition coefficient (Wildman–Crippen LogP) is 1.85. The highest BCUT2D eigenvalue weighted by Gasteiger charge is 2.45. The van der Waals surface area contributed by atoms with Crippen molar-refractivity contribution in [3.8, 4) is 0 Å². The molecule has 2 heterocycles. The molecule has 1 aliphatic rings. The standard InChI is InChI=1S/C24H28O6S/c1-13-5-7-14(8-6-13)11-15-3-2-4-16-17(9-10-25)24(31-23(15)16)22-21(29)20(28)19(27)18(12-26)30-22/h2-8,18-22,25-29H,9-12H2,1H3/t18-,19-,20+,21-,22?/m1/s1. The van der Waals surface area contributed by atoms with E-state index in [1.807, 2.05) is 12.1 Å². The minimum absolute atomic E-state index is 0.0710. The number of ether oxygens (including phenoxy) is 1. The molecule has 1 unspecified atom stereocenters. The third-order valence-corrected chi connectivity index (χ3v) is 7.34. The Balaban J connectivity index is 1.78. The van der Waals surface area contributed by atoms with Crippen molar-refractivity contribution in [2.45, 2.75) is 50.3 Å². The molecule has 1 saturated heterocycles. The molecular formula is C24H28O6S. The van der Waals surface area contributed by atoms with Crippen molar-refractivity contribution in [3.05, 3.63) is 69.6 Å². The van der Waals surface area contributed by atoms with Gasteiger partial charge in [-0.05, 0) is 41.8 Å². The van der Waals surface area contributed by atoms with Crippen molar-refractivity contribution < 1.29 is 30.3 Å². The van der Waals surface area contributed by atoms with Gasteiger partial charge in [0.15, 0.2) is 0 Å². The fourth-order valence-corrected chi connectivity index (χ4v) is 5.67. The summed E-state index contributed by atoms with van der Waals surface area (Å²) in [5.41, 5.74) is 4.37. The molecular weight excluding hydrogens is 416 g/mol. The number of rotatable bonds is 6. The van der Waals surface area contributed by atoms with Crippen LogP contribution in [0.2, 0.25) is 0 Å². The summed E-state index contributed by atoms with van der Waals surface area (Å²) >= 11 is 1.47. The van der Waals surface area contributed by atoms with Crippen LogP contribution >= 0.6 is 11.3 Å². The molecule has 4 rings (SSSR count). The van der Waals surface area contributed by atoms with Gasteiger partial charge in [-0.25, -0.2) is 0 Å². The Morgan fingerprint density at radius 2 is 1.68 bits per heavy atom. The van der Waals surface area contributed by atoms with Crippen LogP contribution in [0.25, 0.3) is 10.1 Å². The lowest BCUT2D eigenvalue weighted by Crippen LogP contribution is -2.55. The van der Waals surface area contributed by atoms with E-state index in [4.69, 9.17) is 4.74 Å². The first kappa shape index (κ1) is 22.4. The second kappa shape index (κ2) is 9.34. The van der Waals surface area contributed by atoms with Gasteiger partial charge in [-0.2, -0.15) is 0 Å². The third kappa shape index (κ3) is 4.27. The van der Waals surface area contributed by atoms with E-state index in [0.717, 1.165) is 27.6 Å². The smallest absolute Gasteiger partial charge is 0.121 e. The van der Waals surface area contributed by atoms with Crippen LogP contribution in [0.4, 0.5) is 0 Å². The lowest BCUT2D eigenvalue weighted by Gasteiger charge is -2.40. The molecule has 0 amide bonds. The van der Waals surface area contributed by atoms with E-state index in [1.165, 1.54) is 22.5 Å². The number of aliphatic hydroxyl groups is 5. The van der Waals surface area contributed by atoms with Crippen LogP contribution in [0, 0.1) is 6.92 Å². The second-order valence-electron chi connectivity index (χ2n) is 8.12. The molecule has 1 aromatic heterocycles. The van der Waals surface area contributed by atoms with Crippen LogP contribution in [0.5, 0.6) is 0 Å². The first-order chi connectivity index (χ1) is 14.9. The van der Waals surface area contributed by atoms with E-state index in [0.29, 0.717) is 11.3 Å². The molecule has 0 aliphatic carbocycles. The van der Waals surface area contributed by atoms with E-state index in [2.05, 4.69) is 37.3 Å². The molecule has 0 radical (unpaired) electrons. The van der Waals surface area contributed by atoms with Crippen LogP contribution in [-0.4, -0.2) is 63.2 Å². The quantitative estimate of drug-likeness (QED) is 0.397. The van der Waals surface area contributed by atoms with Gasteiger partial charge >= 0.3 is 0 Å². The first-order valence-corrected chi connectivity index (χ1v) is 11.3. The van der Waals surface area contributed by atoms with E-state index in [1.54, 1.807) is 0 Å². The number of thiophene rings is 1. The average Bonchev–Trinajstić information content (AvgIpc) is 3.13. The monoisotopic (exact) mass is 444 g/mol. The fourth-order valence-electron chi connectivity index (χ4n) is 4.23. The van der Waals surface area contributed by atoms with Crippen molar-refractivity contribution in [2.24, 2.45) is 0 Å². The first-order valence-electron chi connectivity index (χ1n) is 10.4. The minimum atomic E-state index is -1.44. The molecule has 1 aliphatic heterocycles. The lowest BCUT2D eigenvalue weighted by molar-refractivity contribution is -0.231. The molecule has 0 saturated carbocycles. The van der Waals surface area contributed by atoms with Crippen molar-refractivity contribution in [2.75, 3.05) is 13.2 Å². The summed E-state index contributed by atoms with van der Waals surface area (Å²) < 4.78 is 6.86. The number of hydrogen-bond acceptors (Lipinski definition) is 7. The van der Waals surface area contributed by atoms with E-state index < -0.39 is 37.1 Å². The average molecular weight is 445 g/mol. The molecule has 2 aromatic carbocycles. The molecule has 1 fully saturated rings. The molecule has 31 heavy (non-hydrogen) atoms. The molecule has 166 valence electrons. The summed E-state index contributed by atoms with van der Waals surface area (Å²) in [5, 5.41) is 51.3. The largest absolute Gasteiger partial charge is 0.396 e. The molecule has 0 bridgehead atoms. The Kier molecular flexibility index (Phi) is 6.74. The fraction of sp³-hybridized carbons (Fsp3) is 0.417. The Hall–Kier alpha value is -1.84. The van der Waals surface area contributed by atoms with Crippen LogP contribution < -0.4 is 0 Å². The Bertz CT molecular complexity index is 1030. The van der Waals surface area contributed by atoms with Crippen LogP contribution in [0.3, 0.4) is 0 Å². The normalized spacial score (nSPS) is 26.5. The topological polar surface area (TPSA) is 110 Å². The van der Waals surface area contributed by atoms with E-state index in [9.17, 15) is 25.5 Å². The number of hydrogen-bond donors (Lipinski definition) is 5. The summed E-state index contributed by atoms with van der Waals surface area (Å²) in [5.74, 6) is 0.